The van der Waals surface area contributed by atoms with Gasteiger partial charge in [0.2, 0.25) is 0 Å². The molecule has 1 atom stereocenters. The first-order valence-electron chi connectivity index (χ1n) is 13.7. The summed E-state index contributed by atoms with van der Waals surface area (Å²) in [5, 5.41) is 2.60. The van der Waals surface area contributed by atoms with Crippen molar-refractivity contribution in [3.63, 3.8) is 0 Å². The molecule has 2 heterocycles. The maximum Gasteiger partial charge on any atom is 0.416 e. The molecule has 0 spiro atoms. The molecule has 0 radical (unpaired) electrons. The highest BCUT2D eigenvalue weighted by atomic mass is 35.5. The van der Waals surface area contributed by atoms with Crippen LogP contribution in [-0.4, -0.2) is 67.1 Å². The summed E-state index contributed by atoms with van der Waals surface area (Å²) >= 11 is 6.11. The van der Waals surface area contributed by atoms with Crippen LogP contribution in [0.3, 0.4) is 0 Å². The number of halogens is 4. The highest BCUT2D eigenvalue weighted by Crippen LogP contribution is 2.36. The molecular formula is C30H33ClF3N5O3. The maximum absolute atomic E-state index is 13.3. The molecule has 0 aliphatic carbocycles. The second-order valence-corrected chi connectivity index (χ2v) is 10.2. The normalized spacial score (nSPS) is 15.5. The number of nitrogens with zero attached hydrogens (tertiary/aromatic N) is 3. The number of pyridine rings is 1. The predicted molar refractivity (Wildman–Crippen MR) is 156 cm³/mol. The molecule has 2 amide bonds. The van der Waals surface area contributed by atoms with Crippen molar-refractivity contribution < 1.29 is 27.5 Å². The Labute approximate surface area is 247 Å². The molecule has 0 saturated carbocycles. The second-order valence-electron chi connectivity index (χ2n) is 9.78. The molecule has 3 N–H and O–H groups in total. The fourth-order valence-corrected chi connectivity index (χ4v) is 5.30. The number of piperazine rings is 1. The number of nitrogens with one attached hydrogen (secondary N) is 1. The lowest BCUT2D eigenvalue weighted by atomic mass is 9.99. The van der Waals surface area contributed by atoms with Gasteiger partial charge in [0.05, 0.1) is 28.3 Å². The Morgan fingerprint density at radius 1 is 1.12 bits per heavy atom. The van der Waals surface area contributed by atoms with E-state index in [-0.39, 0.29) is 35.6 Å². The van der Waals surface area contributed by atoms with Crippen molar-refractivity contribution in [1.29, 1.82) is 0 Å². The van der Waals surface area contributed by atoms with Crippen molar-refractivity contribution in [1.82, 2.24) is 15.2 Å². The van der Waals surface area contributed by atoms with Crippen LogP contribution < -0.4 is 20.7 Å². The van der Waals surface area contributed by atoms with Crippen LogP contribution in [0.15, 0.2) is 54.9 Å². The molecule has 1 saturated heterocycles. The molecule has 1 fully saturated rings. The van der Waals surface area contributed by atoms with Gasteiger partial charge in [0, 0.05) is 62.4 Å². The molecule has 2 aromatic carbocycles. The summed E-state index contributed by atoms with van der Waals surface area (Å²) in [6, 6.07) is 9.94. The van der Waals surface area contributed by atoms with E-state index in [0.29, 0.717) is 49.7 Å². The topological polar surface area (TPSA) is 101 Å². The summed E-state index contributed by atoms with van der Waals surface area (Å²) in [5.41, 5.74) is 7.37. The molecule has 1 aliphatic rings. The zero-order chi connectivity index (χ0) is 30.4. The summed E-state index contributed by atoms with van der Waals surface area (Å²) in [5.74, 6) is -0.0822. The van der Waals surface area contributed by atoms with Crippen molar-refractivity contribution in [2.24, 2.45) is 5.73 Å². The number of ether oxygens (including phenoxy) is 1. The van der Waals surface area contributed by atoms with Crippen molar-refractivity contribution in [2.45, 2.75) is 32.5 Å². The molecule has 1 aliphatic heterocycles. The molecule has 12 heteroatoms. The first kappa shape index (κ1) is 31.1. The van der Waals surface area contributed by atoms with Crippen molar-refractivity contribution in [3.8, 4) is 16.9 Å². The van der Waals surface area contributed by atoms with Crippen molar-refractivity contribution in [3.05, 3.63) is 76.6 Å². The van der Waals surface area contributed by atoms with Crippen LogP contribution in [0, 0.1) is 0 Å². The van der Waals surface area contributed by atoms with Crippen molar-refractivity contribution in [2.75, 3.05) is 44.2 Å². The Morgan fingerprint density at radius 3 is 2.57 bits per heavy atom. The molecule has 8 nitrogen and oxygen atoms in total. The number of carbonyl (C=O) groups excluding carboxylic acids is 2. The number of benzene rings is 2. The van der Waals surface area contributed by atoms with Gasteiger partial charge < -0.3 is 25.6 Å². The van der Waals surface area contributed by atoms with Gasteiger partial charge in [0.1, 0.15) is 5.75 Å². The molecule has 0 unspecified atom stereocenters. The quantitative estimate of drug-likeness (QED) is 0.347. The third-order valence-electron chi connectivity index (χ3n) is 7.14. The molecule has 224 valence electrons. The number of nitrogens with two attached hydrogens (primary N) is 1. The SMILES string of the molecule is CCOc1ccncc1-c1ccc(N2CCN(C(=O)c3ccc(C(F)(F)F)cc3Cl)C[C@H]2CC)c(C(=O)NCCN)c1. The van der Waals surface area contributed by atoms with Crippen LogP contribution >= 0.6 is 11.6 Å². The Bertz CT molecular complexity index is 1440. The standard InChI is InChI=1S/C30H33ClF3N5O3/c1-3-21-18-38(29(41)22-7-6-20(16-25(22)31)30(32,33)34)13-14-39(21)26-8-5-19(15-23(26)28(40)37-12-10-35)24-17-36-11-9-27(24)42-4-2/h5-9,11,15-17,21H,3-4,10,12-14,18,35H2,1-2H3,(H,37,40)/t21-/m1/s1. The Hall–Kier alpha value is -3.83. The minimum Gasteiger partial charge on any atom is -0.493 e. The minimum absolute atomic E-state index is 0.0146. The zero-order valence-electron chi connectivity index (χ0n) is 23.4. The van der Waals surface area contributed by atoms with Crippen LogP contribution in [0.25, 0.3) is 11.1 Å². The Kier molecular flexibility index (Phi) is 9.95. The van der Waals surface area contributed by atoms with E-state index in [9.17, 15) is 22.8 Å². The number of amides is 2. The lowest BCUT2D eigenvalue weighted by molar-refractivity contribution is -0.137. The number of hydrogen-bond donors (Lipinski definition) is 2. The van der Waals surface area contributed by atoms with E-state index >= 15 is 0 Å². The largest absolute Gasteiger partial charge is 0.493 e. The summed E-state index contributed by atoms with van der Waals surface area (Å²) in [7, 11) is 0. The molecule has 1 aromatic heterocycles. The summed E-state index contributed by atoms with van der Waals surface area (Å²) in [6.45, 7) is 5.90. The van der Waals surface area contributed by atoms with Gasteiger partial charge in [-0.25, -0.2) is 0 Å². The third-order valence-corrected chi connectivity index (χ3v) is 7.45. The average molecular weight is 604 g/mol. The minimum atomic E-state index is -4.56. The van der Waals surface area contributed by atoms with Gasteiger partial charge in [0.15, 0.2) is 0 Å². The number of anilines is 1. The van der Waals surface area contributed by atoms with E-state index < -0.39 is 17.6 Å². The second kappa shape index (κ2) is 13.4. The highest BCUT2D eigenvalue weighted by Gasteiger charge is 2.34. The molecule has 42 heavy (non-hydrogen) atoms. The predicted octanol–water partition coefficient (Wildman–Crippen LogP) is 5.25. The Morgan fingerprint density at radius 2 is 1.90 bits per heavy atom. The van der Waals surface area contributed by atoms with E-state index in [1.54, 1.807) is 29.4 Å². The van der Waals surface area contributed by atoms with Gasteiger partial charge in [-0.2, -0.15) is 13.2 Å². The molecule has 0 bridgehead atoms. The van der Waals surface area contributed by atoms with Gasteiger partial charge in [-0.15, -0.1) is 0 Å². The van der Waals surface area contributed by atoms with E-state index in [1.807, 2.05) is 26.0 Å². The van der Waals surface area contributed by atoms with Gasteiger partial charge in [-0.1, -0.05) is 24.6 Å². The number of alkyl halides is 3. The highest BCUT2D eigenvalue weighted by molar-refractivity contribution is 6.33. The fraction of sp³-hybridized carbons (Fsp3) is 0.367. The van der Waals surface area contributed by atoms with E-state index in [0.717, 1.165) is 29.3 Å². The van der Waals surface area contributed by atoms with Crippen LogP contribution in [0.4, 0.5) is 18.9 Å². The first-order valence-corrected chi connectivity index (χ1v) is 14.1. The van der Waals surface area contributed by atoms with Gasteiger partial charge in [0.25, 0.3) is 11.8 Å². The lowest BCUT2D eigenvalue weighted by Crippen LogP contribution is -2.55. The number of hydrogen-bond acceptors (Lipinski definition) is 6. The third kappa shape index (κ3) is 6.79. The van der Waals surface area contributed by atoms with Gasteiger partial charge in [-0.05, 0) is 55.3 Å². The smallest absolute Gasteiger partial charge is 0.416 e. The van der Waals surface area contributed by atoms with E-state index in [4.69, 9.17) is 22.1 Å². The molecular weight excluding hydrogens is 571 g/mol. The van der Waals surface area contributed by atoms with Crippen LogP contribution in [0.2, 0.25) is 5.02 Å². The number of aromatic nitrogens is 1. The summed E-state index contributed by atoms with van der Waals surface area (Å²) in [6.07, 6.45) is -0.585. The van der Waals surface area contributed by atoms with Crippen molar-refractivity contribution >= 4 is 29.1 Å². The molecule has 3 aromatic rings. The Balaban J connectivity index is 1.64. The van der Waals surface area contributed by atoms with Gasteiger partial charge in [-0.3, -0.25) is 14.6 Å². The monoisotopic (exact) mass is 603 g/mol. The van der Waals surface area contributed by atoms with E-state index in [1.165, 1.54) is 0 Å². The average Bonchev–Trinajstić information content (AvgIpc) is 2.99. The zero-order valence-corrected chi connectivity index (χ0v) is 24.1. The first-order chi connectivity index (χ1) is 20.1. The summed E-state index contributed by atoms with van der Waals surface area (Å²) < 4.78 is 45.0. The van der Waals surface area contributed by atoms with Crippen LogP contribution in [0.5, 0.6) is 5.75 Å². The summed E-state index contributed by atoms with van der Waals surface area (Å²) in [4.78, 5) is 34.6. The lowest BCUT2D eigenvalue weighted by Gasteiger charge is -2.43. The fourth-order valence-electron chi connectivity index (χ4n) is 5.04. The molecule has 4 rings (SSSR count). The van der Waals surface area contributed by atoms with E-state index in [2.05, 4.69) is 15.2 Å². The van der Waals surface area contributed by atoms with Gasteiger partial charge >= 0.3 is 6.18 Å². The number of rotatable bonds is 9. The number of carbonyl (C=O) groups is 2. The van der Waals surface area contributed by atoms with Crippen LogP contribution in [-0.2, 0) is 6.18 Å². The van der Waals surface area contributed by atoms with Crippen LogP contribution in [0.1, 0.15) is 46.5 Å². The maximum atomic E-state index is 13.3.